The van der Waals surface area contributed by atoms with Crippen LogP contribution in [-0.2, 0) is 14.5 Å². The van der Waals surface area contributed by atoms with E-state index in [1.165, 1.54) is 18.0 Å². The number of benzene rings is 2. The second kappa shape index (κ2) is 7.31. The maximum Gasteiger partial charge on any atom is 0.264 e. The Labute approximate surface area is 140 Å². The van der Waals surface area contributed by atoms with Gasteiger partial charge in [0, 0.05) is 21.1 Å². The average molecular weight is 354 g/mol. The molecule has 0 radical (unpaired) electrons. The van der Waals surface area contributed by atoms with Crippen LogP contribution in [0.1, 0.15) is 5.56 Å². The maximum atomic E-state index is 12.6. The van der Waals surface area contributed by atoms with Crippen LogP contribution in [0.5, 0.6) is 0 Å². The normalized spacial score (nSPS) is 13.4. The van der Waals surface area contributed by atoms with Crippen molar-refractivity contribution < 1.29 is 9.00 Å². The Bertz CT molecular complexity index is 777. The van der Waals surface area contributed by atoms with E-state index in [-0.39, 0.29) is 11.7 Å². The first-order valence-electron chi connectivity index (χ1n) is 6.57. The van der Waals surface area contributed by atoms with Gasteiger partial charge in [-0.15, -0.1) is 11.8 Å². The zero-order valence-corrected chi connectivity index (χ0v) is 14.7. The fraction of sp³-hybridized carbons (Fsp3) is 0.188. The molecule has 0 saturated carbocycles. The maximum absolute atomic E-state index is 12.6. The summed E-state index contributed by atoms with van der Waals surface area (Å²) < 4.78 is 16.4. The third-order valence-electron chi connectivity index (χ3n) is 2.91. The molecule has 1 amide bonds. The molecule has 0 aliphatic heterocycles. The van der Waals surface area contributed by atoms with Gasteiger partial charge in [-0.1, -0.05) is 29.3 Å². The van der Waals surface area contributed by atoms with Crippen LogP contribution in [0.25, 0.3) is 0 Å². The Kier molecular flexibility index (Phi) is 5.67. The van der Waals surface area contributed by atoms with E-state index < -0.39 is 9.73 Å². The third-order valence-corrected chi connectivity index (χ3v) is 5.86. The largest absolute Gasteiger partial charge is 0.271 e. The van der Waals surface area contributed by atoms with Gasteiger partial charge in [-0.2, -0.15) is 4.36 Å². The molecule has 0 spiro atoms. The van der Waals surface area contributed by atoms with E-state index in [2.05, 4.69) is 4.36 Å². The molecule has 2 aromatic rings. The van der Waals surface area contributed by atoms with E-state index in [1.807, 2.05) is 31.2 Å². The second-order valence-corrected chi connectivity index (χ2v) is 8.59. The molecule has 0 N–H and O–H groups in total. The number of hydrogen-bond acceptors (Lipinski definition) is 3. The van der Waals surface area contributed by atoms with Crippen LogP contribution in [0, 0.1) is 6.92 Å². The number of carbonyl (C=O) groups is 1. The van der Waals surface area contributed by atoms with Gasteiger partial charge in [0.1, 0.15) is 0 Å². The van der Waals surface area contributed by atoms with Crippen molar-refractivity contribution in [3.63, 3.8) is 0 Å². The van der Waals surface area contributed by atoms with Crippen molar-refractivity contribution in [2.45, 2.75) is 16.7 Å². The number of nitrogens with zero attached hydrogens (tertiary/aromatic N) is 1. The Balaban J connectivity index is 2.07. The van der Waals surface area contributed by atoms with Gasteiger partial charge in [-0.05, 0) is 43.3 Å². The first-order chi connectivity index (χ1) is 10.4. The highest BCUT2D eigenvalue weighted by Gasteiger charge is 2.10. The average Bonchev–Trinajstić information content (AvgIpc) is 2.46. The highest BCUT2D eigenvalue weighted by molar-refractivity contribution is 8.00. The topological polar surface area (TPSA) is 46.5 Å². The van der Waals surface area contributed by atoms with Crippen LogP contribution in [0.2, 0.25) is 5.02 Å². The van der Waals surface area contributed by atoms with Crippen molar-refractivity contribution in [3.8, 4) is 0 Å². The summed E-state index contributed by atoms with van der Waals surface area (Å²) in [6.45, 7) is 1.95. The van der Waals surface area contributed by atoms with Crippen molar-refractivity contribution in [2.24, 2.45) is 4.36 Å². The van der Waals surface area contributed by atoms with Crippen LogP contribution in [-0.4, -0.2) is 22.1 Å². The fourth-order valence-corrected chi connectivity index (χ4v) is 3.83. The van der Waals surface area contributed by atoms with Gasteiger partial charge in [0.05, 0.1) is 15.5 Å². The Morgan fingerprint density at radius 3 is 2.32 bits per heavy atom. The lowest BCUT2D eigenvalue weighted by Gasteiger charge is -2.04. The Morgan fingerprint density at radius 1 is 1.14 bits per heavy atom. The lowest BCUT2D eigenvalue weighted by molar-refractivity contribution is -0.115. The van der Waals surface area contributed by atoms with Crippen LogP contribution < -0.4 is 0 Å². The zero-order valence-electron chi connectivity index (χ0n) is 12.3. The minimum atomic E-state index is -2.70. The lowest BCUT2D eigenvalue weighted by atomic mass is 10.2. The molecule has 0 heterocycles. The van der Waals surface area contributed by atoms with Crippen LogP contribution in [0.15, 0.2) is 62.7 Å². The van der Waals surface area contributed by atoms with Crippen LogP contribution in [0.3, 0.4) is 0 Å². The van der Waals surface area contributed by atoms with E-state index in [1.54, 1.807) is 24.3 Å². The summed E-state index contributed by atoms with van der Waals surface area (Å²) in [6.07, 6.45) is 1.49. The van der Waals surface area contributed by atoms with Crippen molar-refractivity contribution in [3.05, 3.63) is 59.1 Å². The molecule has 0 fully saturated rings. The molecule has 0 bridgehead atoms. The number of halogens is 1. The van der Waals surface area contributed by atoms with E-state index >= 15 is 0 Å². The predicted molar refractivity (Wildman–Crippen MR) is 93.1 cm³/mol. The number of rotatable bonds is 4. The van der Waals surface area contributed by atoms with Gasteiger partial charge in [0.15, 0.2) is 0 Å². The Morgan fingerprint density at radius 2 is 1.73 bits per heavy atom. The van der Waals surface area contributed by atoms with Crippen molar-refractivity contribution >= 4 is 39.0 Å². The molecular formula is C16H16ClNO2S2. The number of carbonyl (C=O) groups excluding carboxylic acids is 1. The molecule has 0 aromatic heterocycles. The standard InChI is InChI=1S/C16H16ClNO2S2/c1-12-3-9-15(10-4-12)22(2,20)18-16(19)11-21-14-7-5-13(17)6-8-14/h3-10H,11H2,1-2H3/t22-/m1/s1. The smallest absolute Gasteiger partial charge is 0.264 e. The minimum Gasteiger partial charge on any atom is -0.271 e. The van der Waals surface area contributed by atoms with Gasteiger partial charge in [-0.3, -0.25) is 4.79 Å². The quantitative estimate of drug-likeness (QED) is 0.764. The molecular weight excluding hydrogens is 338 g/mol. The van der Waals surface area contributed by atoms with Gasteiger partial charge in [-0.25, -0.2) is 4.21 Å². The van der Waals surface area contributed by atoms with Crippen molar-refractivity contribution in [2.75, 3.05) is 12.0 Å². The summed E-state index contributed by atoms with van der Waals surface area (Å²) in [5.41, 5.74) is 1.07. The van der Waals surface area contributed by atoms with Gasteiger partial charge in [0.2, 0.25) is 0 Å². The predicted octanol–water partition coefficient (Wildman–Crippen LogP) is 4.42. The molecule has 0 unspecified atom stereocenters. The zero-order chi connectivity index (χ0) is 16.2. The van der Waals surface area contributed by atoms with Crippen LogP contribution >= 0.6 is 23.4 Å². The van der Waals surface area contributed by atoms with Crippen LogP contribution in [0.4, 0.5) is 0 Å². The van der Waals surface area contributed by atoms with Crippen molar-refractivity contribution in [1.29, 1.82) is 0 Å². The van der Waals surface area contributed by atoms with E-state index in [9.17, 15) is 9.00 Å². The van der Waals surface area contributed by atoms with Crippen molar-refractivity contribution in [1.82, 2.24) is 0 Å². The Hall–Kier alpha value is -1.30. The van der Waals surface area contributed by atoms with E-state index in [0.717, 1.165) is 10.5 Å². The summed E-state index contributed by atoms with van der Waals surface area (Å²) in [5, 5.41) is 0.649. The molecule has 116 valence electrons. The molecule has 0 aliphatic rings. The molecule has 0 saturated heterocycles. The molecule has 2 rings (SSSR count). The molecule has 0 aliphatic carbocycles. The monoisotopic (exact) mass is 353 g/mol. The summed E-state index contributed by atoms with van der Waals surface area (Å²) in [4.78, 5) is 13.4. The fourth-order valence-electron chi connectivity index (χ4n) is 1.74. The lowest BCUT2D eigenvalue weighted by Crippen LogP contribution is -2.05. The van der Waals surface area contributed by atoms with Gasteiger partial charge >= 0.3 is 0 Å². The second-order valence-electron chi connectivity index (χ2n) is 4.84. The van der Waals surface area contributed by atoms with E-state index in [0.29, 0.717) is 9.92 Å². The molecule has 22 heavy (non-hydrogen) atoms. The third kappa shape index (κ3) is 4.87. The molecule has 2 aromatic carbocycles. The SMILES string of the molecule is Cc1ccc([S@@](C)(=O)=NC(=O)CSc2ccc(Cl)cc2)cc1. The minimum absolute atomic E-state index is 0.151. The molecule has 6 heteroatoms. The highest BCUT2D eigenvalue weighted by atomic mass is 35.5. The summed E-state index contributed by atoms with van der Waals surface area (Å²) in [6, 6.07) is 14.4. The first kappa shape index (κ1) is 17.1. The summed E-state index contributed by atoms with van der Waals surface area (Å²) >= 11 is 7.16. The summed E-state index contributed by atoms with van der Waals surface area (Å²) in [5.74, 6) is -0.230. The molecule has 3 nitrogen and oxygen atoms in total. The number of thioether (sulfide) groups is 1. The number of amides is 1. The number of hydrogen-bond donors (Lipinski definition) is 0. The highest BCUT2D eigenvalue weighted by Crippen LogP contribution is 2.21. The first-order valence-corrected chi connectivity index (χ1v) is 9.85. The number of aryl methyl sites for hydroxylation is 1. The summed E-state index contributed by atoms with van der Waals surface area (Å²) in [7, 11) is -2.70. The van der Waals surface area contributed by atoms with E-state index in [4.69, 9.17) is 11.6 Å². The molecule has 1 atom stereocenters. The van der Waals surface area contributed by atoms with Gasteiger partial charge < -0.3 is 0 Å². The van der Waals surface area contributed by atoms with Gasteiger partial charge in [0.25, 0.3) is 5.91 Å².